The Labute approximate surface area is 170 Å². The van der Waals surface area contributed by atoms with Crippen LogP contribution in [0.25, 0.3) is 0 Å². The van der Waals surface area contributed by atoms with E-state index in [0.29, 0.717) is 16.3 Å². The van der Waals surface area contributed by atoms with Gasteiger partial charge in [0.1, 0.15) is 0 Å². The molecule has 0 saturated heterocycles. The van der Waals surface area contributed by atoms with Crippen LogP contribution in [0.3, 0.4) is 0 Å². The third kappa shape index (κ3) is 5.96. The lowest BCUT2D eigenvalue weighted by molar-refractivity contribution is -0.137. The molecule has 0 nitrogen and oxygen atoms in total. The summed E-state index contributed by atoms with van der Waals surface area (Å²) in [6, 6.07) is 21.2. The predicted octanol–water partition coefficient (Wildman–Crippen LogP) is 7.94. The zero-order valence-corrected chi connectivity index (χ0v) is 16.6. The third-order valence-electron chi connectivity index (χ3n) is 3.79. The van der Waals surface area contributed by atoms with E-state index < -0.39 is 11.7 Å². The molecule has 0 aliphatic heterocycles. The van der Waals surface area contributed by atoms with Gasteiger partial charge in [0.05, 0.1) is 5.56 Å². The van der Waals surface area contributed by atoms with E-state index in [4.69, 9.17) is 11.6 Å². The molecule has 0 heterocycles. The molecule has 0 aliphatic carbocycles. The molecule has 0 bridgehead atoms. The molecular weight excluding hydrogens is 409 g/mol. The van der Waals surface area contributed by atoms with Crippen molar-refractivity contribution in [2.45, 2.75) is 27.5 Å². The van der Waals surface area contributed by atoms with Crippen LogP contribution in [-0.2, 0) is 17.7 Å². The van der Waals surface area contributed by atoms with Gasteiger partial charge in [-0.1, -0.05) is 59.8 Å². The third-order valence-corrected chi connectivity index (χ3v) is 6.23. The summed E-state index contributed by atoms with van der Waals surface area (Å²) in [5.74, 6) is 1.26. The van der Waals surface area contributed by atoms with Gasteiger partial charge in [-0.25, -0.2) is 0 Å². The first-order valence-electron chi connectivity index (χ1n) is 8.17. The van der Waals surface area contributed by atoms with Gasteiger partial charge in [-0.05, 0) is 47.5 Å². The summed E-state index contributed by atoms with van der Waals surface area (Å²) in [6.45, 7) is 0. The monoisotopic (exact) mass is 424 g/mol. The van der Waals surface area contributed by atoms with E-state index in [2.05, 4.69) is 12.1 Å². The lowest BCUT2D eigenvalue weighted by Crippen LogP contribution is -2.04. The van der Waals surface area contributed by atoms with Gasteiger partial charge in [0, 0.05) is 26.3 Å². The fourth-order valence-electron chi connectivity index (χ4n) is 2.47. The van der Waals surface area contributed by atoms with Gasteiger partial charge in [-0.2, -0.15) is 24.9 Å². The Morgan fingerprint density at radius 2 is 1.56 bits per heavy atom. The highest BCUT2D eigenvalue weighted by molar-refractivity contribution is 7.99. The molecule has 0 aliphatic rings. The van der Waals surface area contributed by atoms with Crippen molar-refractivity contribution in [2.75, 3.05) is 0 Å². The summed E-state index contributed by atoms with van der Waals surface area (Å²) in [5, 5.41) is 0.698. The SMILES string of the molecule is FC(F)(F)c1cccc(CSCc2ccccc2Sc2ccc(Cl)cc2)c1. The van der Waals surface area contributed by atoms with E-state index in [1.165, 1.54) is 12.1 Å². The summed E-state index contributed by atoms with van der Waals surface area (Å²) in [7, 11) is 0. The van der Waals surface area contributed by atoms with Crippen LogP contribution in [0.15, 0.2) is 82.6 Å². The Kier molecular flexibility index (Phi) is 6.79. The Bertz CT molecular complexity index is 892. The van der Waals surface area contributed by atoms with Crippen LogP contribution < -0.4 is 0 Å². The van der Waals surface area contributed by atoms with Crippen LogP contribution in [0.4, 0.5) is 13.2 Å². The smallest absolute Gasteiger partial charge is 0.166 e. The molecule has 0 saturated carbocycles. The van der Waals surface area contributed by atoms with Gasteiger partial charge in [-0.3, -0.25) is 0 Å². The quantitative estimate of drug-likeness (QED) is 0.393. The summed E-state index contributed by atoms with van der Waals surface area (Å²) in [4.78, 5) is 2.23. The molecule has 3 rings (SSSR count). The van der Waals surface area contributed by atoms with Crippen molar-refractivity contribution in [2.24, 2.45) is 0 Å². The molecule has 0 radical (unpaired) electrons. The van der Waals surface area contributed by atoms with Gasteiger partial charge in [0.2, 0.25) is 0 Å². The fraction of sp³-hybridized carbons (Fsp3) is 0.143. The highest BCUT2D eigenvalue weighted by Crippen LogP contribution is 2.34. The second-order valence-electron chi connectivity index (χ2n) is 5.85. The van der Waals surface area contributed by atoms with E-state index in [9.17, 15) is 13.2 Å². The minimum atomic E-state index is -4.30. The topological polar surface area (TPSA) is 0 Å². The summed E-state index contributed by atoms with van der Waals surface area (Å²) < 4.78 is 38.5. The molecule has 0 N–H and O–H groups in total. The Hall–Kier alpha value is -1.56. The summed E-state index contributed by atoms with van der Waals surface area (Å²) in [5.41, 5.74) is 1.24. The van der Waals surface area contributed by atoms with Crippen molar-refractivity contribution in [3.63, 3.8) is 0 Å². The number of thioether (sulfide) groups is 1. The first-order valence-corrected chi connectivity index (χ1v) is 10.5. The number of hydrogen-bond acceptors (Lipinski definition) is 2. The van der Waals surface area contributed by atoms with Crippen molar-refractivity contribution >= 4 is 35.1 Å². The molecule has 0 aromatic heterocycles. The molecule has 0 unspecified atom stereocenters. The lowest BCUT2D eigenvalue weighted by Gasteiger charge is -2.11. The van der Waals surface area contributed by atoms with Gasteiger partial charge < -0.3 is 0 Å². The number of halogens is 4. The number of alkyl halides is 3. The summed E-state index contributed by atoms with van der Waals surface area (Å²) >= 11 is 9.19. The van der Waals surface area contributed by atoms with Crippen molar-refractivity contribution in [3.05, 3.63) is 94.5 Å². The molecular formula is C21H16ClF3S2. The van der Waals surface area contributed by atoms with Crippen LogP contribution in [-0.4, -0.2) is 0 Å². The Balaban J connectivity index is 1.64. The molecule has 0 fully saturated rings. The van der Waals surface area contributed by atoms with E-state index in [-0.39, 0.29) is 0 Å². The first-order chi connectivity index (χ1) is 12.9. The van der Waals surface area contributed by atoms with Crippen LogP contribution in [0.2, 0.25) is 5.02 Å². The van der Waals surface area contributed by atoms with Crippen molar-refractivity contribution in [3.8, 4) is 0 Å². The molecule has 27 heavy (non-hydrogen) atoms. The second-order valence-corrected chi connectivity index (χ2v) is 8.39. The fourth-order valence-corrected chi connectivity index (χ4v) is 4.62. The van der Waals surface area contributed by atoms with Gasteiger partial charge in [-0.15, -0.1) is 0 Å². The number of benzene rings is 3. The minimum Gasteiger partial charge on any atom is -0.166 e. The average Bonchev–Trinajstić information content (AvgIpc) is 2.64. The van der Waals surface area contributed by atoms with Crippen molar-refractivity contribution < 1.29 is 13.2 Å². The van der Waals surface area contributed by atoms with Gasteiger partial charge in [0.15, 0.2) is 0 Å². The van der Waals surface area contributed by atoms with E-state index >= 15 is 0 Å². The van der Waals surface area contributed by atoms with Crippen LogP contribution in [0, 0.1) is 0 Å². The maximum Gasteiger partial charge on any atom is 0.416 e. The number of rotatable bonds is 6. The molecule has 0 amide bonds. The predicted molar refractivity (Wildman–Crippen MR) is 108 cm³/mol. The Morgan fingerprint density at radius 1 is 0.815 bits per heavy atom. The zero-order chi connectivity index (χ0) is 19.3. The standard InChI is InChI=1S/C21H16ClF3S2/c22-18-8-10-19(11-9-18)27-20-7-2-1-5-16(20)14-26-13-15-4-3-6-17(12-15)21(23,24)25/h1-12H,13-14H2. The maximum absolute atomic E-state index is 12.8. The van der Waals surface area contributed by atoms with Gasteiger partial charge in [0.25, 0.3) is 0 Å². The Morgan fingerprint density at radius 3 is 2.30 bits per heavy atom. The highest BCUT2D eigenvalue weighted by atomic mass is 35.5. The van der Waals surface area contributed by atoms with Crippen molar-refractivity contribution in [1.82, 2.24) is 0 Å². The molecule has 3 aromatic rings. The molecule has 3 aromatic carbocycles. The highest BCUT2D eigenvalue weighted by Gasteiger charge is 2.30. The van der Waals surface area contributed by atoms with Crippen LogP contribution >= 0.6 is 35.1 Å². The molecule has 0 atom stereocenters. The van der Waals surface area contributed by atoms with E-state index in [1.54, 1.807) is 29.6 Å². The average molecular weight is 425 g/mol. The number of hydrogen-bond donors (Lipinski definition) is 0. The van der Waals surface area contributed by atoms with E-state index in [1.807, 2.05) is 36.4 Å². The van der Waals surface area contributed by atoms with Crippen molar-refractivity contribution in [1.29, 1.82) is 0 Å². The van der Waals surface area contributed by atoms with Crippen LogP contribution in [0.5, 0.6) is 0 Å². The molecule has 6 heteroatoms. The normalized spacial score (nSPS) is 11.6. The van der Waals surface area contributed by atoms with E-state index in [0.717, 1.165) is 27.2 Å². The zero-order valence-electron chi connectivity index (χ0n) is 14.2. The second kappa shape index (κ2) is 9.09. The first kappa shape index (κ1) is 20.2. The minimum absolute atomic E-state index is 0.532. The lowest BCUT2D eigenvalue weighted by atomic mass is 10.1. The van der Waals surface area contributed by atoms with Gasteiger partial charge >= 0.3 is 6.18 Å². The largest absolute Gasteiger partial charge is 0.416 e. The maximum atomic E-state index is 12.8. The summed E-state index contributed by atoms with van der Waals surface area (Å²) in [6.07, 6.45) is -4.30. The van der Waals surface area contributed by atoms with Crippen LogP contribution in [0.1, 0.15) is 16.7 Å². The molecule has 0 spiro atoms. The molecule has 140 valence electrons.